The van der Waals surface area contributed by atoms with Crippen molar-refractivity contribution in [1.82, 2.24) is 4.57 Å². The zero-order chi connectivity index (χ0) is 16.9. The van der Waals surface area contributed by atoms with Crippen LogP contribution in [0.5, 0.6) is 5.75 Å². The summed E-state index contributed by atoms with van der Waals surface area (Å²) >= 11 is 0. The molecule has 1 heterocycles. The molecule has 1 N–H and O–H groups in total. The van der Waals surface area contributed by atoms with Crippen molar-refractivity contribution in [3.05, 3.63) is 40.2 Å². The van der Waals surface area contributed by atoms with Gasteiger partial charge in [0, 0.05) is 24.2 Å². The van der Waals surface area contributed by atoms with Gasteiger partial charge in [-0.2, -0.15) is 0 Å². The van der Waals surface area contributed by atoms with Gasteiger partial charge in [0.25, 0.3) is 5.56 Å². The summed E-state index contributed by atoms with van der Waals surface area (Å²) in [5, 5.41) is 11.3. The Kier molecular flexibility index (Phi) is 5.34. The molecule has 128 valence electrons. The smallest absolute Gasteiger partial charge is 0.263 e. The Morgan fingerprint density at radius 2 is 2.00 bits per heavy atom. The topological polar surface area (TPSA) is 54.6 Å². The maximum absolute atomic E-state index is 12.9. The number of rotatable bonds is 5. The monoisotopic (exact) mass is 326 g/mol. The average Bonchev–Trinajstić information content (AvgIpc) is 2.62. The molecular formula is C20H26N2O2. The molecule has 1 aromatic heterocycles. The molecule has 3 rings (SSSR count). The number of aliphatic imine (C=N–C) groups is 1. The van der Waals surface area contributed by atoms with Gasteiger partial charge in [-0.25, -0.2) is 0 Å². The molecule has 0 atom stereocenters. The van der Waals surface area contributed by atoms with Crippen LogP contribution in [0.15, 0.2) is 34.1 Å². The fraction of sp³-hybridized carbons (Fsp3) is 0.500. The molecular weight excluding hydrogens is 300 g/mol. The highest BCUT2D eigenvalue weighted by atomic mass is 16.3. The van der Waals surface area contributed by atoms with Crippen molar-refractivity contribution < 1.29 is 5.11 Å². The lowest BCUT2D eigenvalue weighted by molar-refractivity contribution is 0.444. The number of unbranched alkanes of at least 4 members (excludes halogenated alkanes) is 1. The Hall–Kier alpha value is -2.10. The van der Waals surface area contributed by atoms with Crippen LogP contribution in [0, 0.1) is 0 Å². The Morgan fingerprint density at radius 1 is 1.25 bits per heavy atom. The third-order valence-electron chi connectivity index (χ3n) is 4.91. The number of nitrogens with zero attached hydrogens (tertiary/aromatic N) is 2. The minimum absolute atomic E-state index is 0.0582. The molecule has 0 bridgehead atoms. The first-order valence-corrected chi connectivity index (χ1v) is 9.10. The van der Waals surface area contributed by atoms with Gasteiger partial charge in [-0.05, 0) is 31.4 Å². The lowest BCUT2D eigenvalue weighted by Crippen LogP contribution is -2.25. The van der Waals surface area contributed by atoms with Gasteiger partial charge < -0.3 is 9.67 Å². The van der Waals surface area contributed by atoms with E-state index in [9.17, 15) is 9.90 Å². The summed E-state index contributed by atoms with van der Waals surface area (Å²) in [5.41, 5.74) is 0.984. The maximum Gasteiger partial charge on any atom is 0.263 e. The molecule has 0 unspecified atom stereocenters. The predicted octanol–water partition coefficient (Wildman–Crippen LogP) is 4.26. The van der Waals surface area contributed by atoms with E-state index >= 15 is 0 Å². The number of hydrogen-bond acceptors (Lipinski definition) is 3. The van der Waals surface area contributed by atoms with Gasteiger partial charge >= 0.3 is 0 Å². The van der Waals surface area contributed by atoms with E-state index in [1.165, 1.54) is 19.3 Å². The van der Waals surface area contributed by atoms with Crippen LogP contribution < -0.4 is 5.56 Å². The van der Waals surface area contributed by atoms with Crippen LogP contribution >= 0.6 is 0 Å². The van der Waals surface area contributed by atoms with Gasteiger partial charge in [0.1, 0.15) is 11.3 Å². The molecule has 0 aliphatic heterocycles. The van der Waals surface area contributed by atoms with Crippen molar-refractivity contribution in [2.24, 2.45) is 4.99 Å². The molecule has 0 radical (unpaired) electrons. The highest BCUT2D eigenvalue weighted by Gasteiger charge is 2.16. The molecule has 24 heavy (non-hydrogen) atoms. The Morgan fingerprint density at radius 3 is 2.75 bits per heavy atom. The largest absolute Gasteiger partial charge is 0.506 e. The lowest BCUT2D eigenvalue weighted by Gasteiger charge is -2.17. The zero-order valence-corrected chi connectivity index (χ0v) is 14.4. The molecule has 1 aliphatic rings. The first-order chi connectivity index (χ1) is 11.7. The number of pyridine rings is 1. The second kappa shape index (κ2) is 7.65. The molecule has 1 aliphatic carbocycles. The molecule has 2 aromatic rings. The minimum Gasteiger partial charge on any atom is -0.506 e. The molecule has 1 fully saturated rings. The first-order valence-electron chi connectivity index (χ1n) is 9.10. The van der Waals surface area contributed by atoms with Crippen molar-refractivity contribution in [3.63, 3.8) is 0 Å². The number of para-hydroxylation sites is 1. The standard InChI is InChI=1S/C20H26N2O2/c1-2-3-13-22-18-12-8-7-11-16(18)19(23)17(20(22)24)14-21-15-9-5-4-6-10-15/h7-8,11-12,14-15,23H,2-6,9-10,13H2,1H3. The van der Waals surface area contributed by atoms with Gasteiger partial charge in [-0.3, -0.25) is 9.79 Å². The number of aromatic hydroxyl groups is 1. The molecule has 4 heteroatoms. The SMILES string of the molecule is CCCCn1c(=O)c(C=NC2CCCCC2)c(O)c2ccccc21. The summed E-state index contributed by atoms with van der Waals surface area (Å²) < 4.78 is 1.78. The van der Waals surface area contributed by atoms with E-state index in [4.69, 9.17) is 0 Å². The van der Waals surface area contributed by atoms with E-state index in [-0.39, 0.29) is 17.4 Å². The summed E-state index contributed by atoms with van der Waals surface area (Å²) in [6, 6.07) is 7.84. The normalized spacial score (nSPS) is 16.2. The number of benzene rings is 1. The van der Waals surface area contributed by atoms with E-state index in [1.54, 1.807) is 10.8 Å². The van der Waals surface area contributed by atoms with Crippen molar-refractivity contribution in [2.45, 2.75) is 64.5 Å². The third kappa shape index (κ3) is 3.37. The molecule has 0 spiro atoms. The minimum atomic E-state index is -0.140. The Bertz CT molecular complexity index is 786. The molecule has 1 aromatic carbocycles. The van der Waals surface area contributed by atoms with Crippen LogP contribution in [0.4, 0.5) is 0 Å². The molecule has 1 saturated carbocycles. The summed E-state index contributed by atoms with van der Waals surface area (Å²) in [6.45, 7) is 2.78. The summed E-state index contributed by atoms with van der Waals surface area (Å²) in [4.78, 5) is 17.5. The van der Waals surface area contributed by atoms with E-state index in [0.29, 0.717) is 12.1 Å². The highest BCUT2D eigenvalue weighted by Crippen LogP contribution is 2.26. The first kappa shape index (κ1) is 16.7. The molecule has 0 saturated heterocycles. The number of fused-ring (bicyclic) bond motifs is 1. The number of aromatic nitrogens is 1. The van der Waals surface area contributed by atoms with Crippen LogP contribution in [0.3, 0.4) is 0 Å². The quantitative estimate of drug-likeness (QED) is 0.835. The van der Waals surface area contributed by atoms with Gasteiger partial charge in [0.05, 0.1) is 5.52 Å². The molecule has 4 nitrogen and oxygen atoms in total. The summed E-state index contributed by atoms with van der Waals surface area (Å²) in [7, 11) is 0. The van der Waals surface area contributed by atoms with Crippen LogP contribution in [0.25, 0.3) is 10.9 Å². The van der Waals surface area contributed by atoms with E-state index in [0.717, 1.165) is 36.6 Å². The average molecular weight is 326 g/mol. The van der Waals surface area contributed by atoms with E-state index in [2.05, 4.69) is 11.9 Å². The van der Waals surface area contributed by atoms with E-state index in [1.807, 2.05) is 24.3 Å². The van der Waals surface area contributed by atoms with Crippen LogP contribution in [-0.2, 0) is 6.54 Å². The second-order valence-corrected chi connectivity index (χ2v) is 6.66. The maximum atomic E-state index is 12.9. The number of hydrogen-bond donors (Lipinski definition) is 1. The van der Waals surface area contributed by atoms with Crippen molar-refractivity contribution in [2.75, 3.05) is 0 Å². The van der Waals surface area contributed by atoms with Gasteiger partial charge in [-0.1, -0.05) is 44.7 Å². The highest BCUT2D eigenvalue weighted by molar-refractivity contribution is 5.95. The van der Waals surface area contributed by atoms with Crippen LogP contribution in [0.1, 0.15) is 57.4 Å². The summed E-state index contributed by atoms with van der Waals surface area (Å²) in [6.07, 6.45) is 9.41. The van der Waals surface area contributed by atoms with Gasteiger partial charge in [0.15, 0.2) is 0 Å². The fourth-order valence-corrected chi connectivity index (χ4v) is 3.48. The Labute approximate surface area is 142 Å². The van der Waals surface area contributed by atoms with Crippen molar-refractivity contribution in [1.29, 1.82) is 0 Å². The lowest BCUT2D eigenvalue weighted by atomic mass is 9.96. The number of aryl methyl sites for hydroxylation is 1. The van der Waals surface area contributed by atoms with Crippen molar-refractivity contribution in [3.8, 4) is 5.75 Å². The zero-order valence-electron chi connectivity index (χ0n) is 14.4. The summed E-state index contributed by atoms with van der Waals surface area (Å²) in [5.74, 6) is 0.0582. The fourth-order valence-electron chi connectivity index (χ4n) is 3.48. The van der Waals surface area contributed by atoms with Crippen molar-refractivity contribution >= 4 is 17.1 Å². The Balaban J connectivity index is 2.06. The van der Waals surface area contributed by atoms with E-state index < -0.39 is 0 Å². The predicted molar refractivity (Wildman–Crippen MR) is 99.2 cm³/mol. The van der Waals surface area contributed by atoms with Crippen LogP contribution in [-0.4, -0.2) is 21.9 Å². The van der Waals surface area contributed by atoms with Crippen LogP contribution in [0.2, 0.25) is 0 Å². The second-order valence-electron chi connectivity index (χ2n) is 6.66. The van der Waals surface area contributed by atoms with Gasteiger partial charge in [-0.15, -0.1) is 0 Å². The third-order valence-corrected chi connectivity index (χ3v) is 4.91. The van der Waals surface area contributed by atoms with Gasteiger partial charge in [0.2, 0.25) is 0 Å². The molecule has 0 amide bonds.